The van der Waals surface area contributed by atoms with Crippen LogP contribution >= 0.6 is 0 Å². The third kappa shape index (κ3) is 3.53. The maximum Gasteiger partial charge on any atom is 0.276 e. The number of nitro groups is 1. The van der Waals surface area contributed by atoms with E-state index in [1.807, 2.05) is 12.1 Å². The van der Waals surface area contributed by atoms with Crippen molar-refractivity contribution in [1.82, 2.24) is 0 Å². The summed E-state index contributed by atoms with van der Waals surface area (Å²) in [5.74, 6) is 0. The molecule has 0 N–H and O–H groups in total. The Hall–Kier alpha value is -1.90. The summed E-state index contributed by atoms with van der Waals surface area (Å²) in [7, 11) is 0. The van der Waals surface area contributed by atoms with Crippen LogP contribution in [0.5, 0.6) is 0 Å². The number of hydrogen-bond donors (Lipinski definition) is 0. The van der Waals surface area contributed by atoms with Crippen LogP contribution in [-0.2, 0) is 18.3 Å². The third-order valence-corrected chi connectivity index (χ3v) is 3.04. The molecule has 0 aliphatic rings. The summed E-state index contributed by atoms with van der Waals surface area (Å²) in [6.45, 7) is 13.7. The average Bonchev–Trinajstić information content (AvgIpc) is 2.27. The van der Waals surface area contributed by atoms with E-state index in [0.717, 1.165) is 16.7 Å². The predicted molar refractivity (Wildman–Crippen MR) is 79.6 cm³/mol. The summed E-state index contributed by atoms with van der Waals surface area (Å²) in [6, 6.07) is 3.85. The fourth-order valence-corrected chi connectivity index (χ4v) is 2.05. The van der Waals surface area contributed by atoms with Crippen molar-refractivity contribution in [3.05, 3.63) is 64.2 Å². The van der Waals surface area contributed by atoms with Gasteiger partial charge < -0.3 is 0 Å². The van der Waals surface area contributed by atoms with E-state index in [2.05, 4.69) is 33.9 Å². The SMILES string of the molecule is C=CCc1cc(C(C)(C)C)cc(CC=C)c1[N+](=O)[O-]. The lowest BCUT2D eigenvalue weighted by Gasteiger charge is -2.21. The Bertz CT molecular complexity index is 479. The first-order valence-electron chi connectivity index (χ1n) is 6.33. The van der Waals surface area contributed by atoms with Crippen LogP contribution in [0.2, 0.25) is 0 Å². The number of nitrogens with zero attached hydrogens (tertiary/aromatic N) is 1. The molecule has 0 fully saturated rings. The molecule has 0 aliphatic carbocycles. The quantitative estimate of drug-likeness (QED) is 0.448. The highest BCUT2D eigenvalue weighted by Crippen LogP contribution is 2.32. The van der Waals surface area contributed by atoms with Gasteiger partial charge in [-0.05, 0) is 36.0 Å². The molecule has 0 saturated carbocycles. The van der Waals surface area contributed by atoms with Gasteiger partial charge in [-0.3, -0.25) is 10.1 Å². The van der Waals surface area contributed by atoms with E-state index in [1.165, 1.54) is 0 Å². The fourth-order valence-electron chi connectivity index (χ4n) is 2.05. The van der Waals surface area contributed by atoms with Gasteiger partial charge in [-0.25, -0.2) is 0 Å². The van der Waals surface area contributed by atoms with E-state index in [4.69, 9.17) is 0 Å². The molecule has 0 unspecified atom stereocenters. The van der Waals surface area contributed by atoms with Crippen LogP contribution in [0.4, 0.5) is 5.69 Å². The highest BCUT2D eigenvalue weighted by Gasteiger charge is 2.23. The van der Waals surface area contributed by atoms with Crippen molar-refractivity contribution in [2.75, 3.05) is 0 Å². The van der Waals surface area contributed by atoms with Gasteiger partial charge in [0.05, 0.1) is 4.92 Å². The first kappa shape index (κ1) is 15.2. The Morgan fingerprint density at radius 3 is 1.84 bits per heavy atom. The van der Waals surface area contributed by atoms with Gasteiger partial charge in [-0.15, -0.1) is 13.2 Å². The standard InChI is InChI=1S/C16H21NO2/c1-6-8-12-10-14(16(3,4)5)11-13(9-7-2)15(12)17(18)19/h6-7,10-11H,1-2,8-9H2,3-5H3. The summed E-state index contributed by atoms with van der Waals surface area (Å²) in [6.07, 6.45) is 4.41. The van der Waals surface area contributed by atoms with Crippen LogP contribution in [0.1, 0.15) is 37.5 Å². The lowest BCUT2D eigenvalue weighted by Crippen LogP contribution is -2.13. The highest BCUT2D eigenvalue weighted by atomic mass is 16.6. The zero-order valence-corrected chi connectivity index (χ0v) is 11.9. The predicted octanol–water partition coefficient (Wildman–Crippen LogP) is 4.35. The summed E-state index contributed by atoms with van der Waals surface area (Å²) >= 11 is 0. The van der Waals surface area contributed by atoms with Crippen LogP contribution in [0.25, 0.3) is 0 Å². The second kappa shape index (κ2) is 5.83. The second-order valence-electron chi connectivity index (χ2n) is 5.64. The molecule has 0 aliphatic heterocycles. The Morgan fingerprint density at radius 1 is 1.16 bits per heavy atom. The molecule has 3 heteroatoms. The Labute approximate surface area is 114 Å². The van der Waals surface area contributed by atoms with Gasteiger partial charge in [-0.1, -0.05) is 32.9 Å². The molecule has 1 aromatic rings. The van der Waals surface area contributed by atoms with Crippen molar-refractivity contribution in [1.29, 1.82) is 0 Å². The van der Waals surface area contributed by atoms with Crippen molar-refractivity contribution in [3.8, 4) is 0 Å². The maximum atomic E-state index is 11.3. The molecule has 0 radical (unpaired) electrons. The molecule has 0 amide bonds. The van der Waals surface area contributed by atoms with Crippen molar-refractivity contribution in [3.63, 3.8) is 0 Å². The Kier molecular flexibility index (Phi) is 4.65. The largest absolute Gasteiger partial charge is 0.276 e. The summed E-state index contributed by atoms with van der Waals surface area (Å²) in [5, 5.41) is 11.3. The van der Waals surface area contributed by atoms with E-state index in [9.17, 15) is 10.1 Å². The van der Waals surface area contributed by atoms with Crippen LogP contribution in [0.3, 0.4) is 0 Å². The maximum absolute atomic E-state index is 11.3. The number of allylic oxidation sites excluding steroid dienone is 2. The third-order valence-electron chi connectivity index (χ3n) is 3.04. The van der Waals surface area contributed by atoms with Crippen LogP contribution in [0.15, 0.2) is 37.4 Å². The fraction of sp³-hybridized carbons (Fsp3) is 0.375. The minimum absolute atomic E-state index is 0.0407. The Balaban J connectivity index is 3.56. The van der Waals surface area contributed by atoms with Gasteiger partial charge >= 0.3 is 0 Å². The van der Waals surface area contributed by atoms with Gasteiger partial charge in [0.2, 0.25) is 0 Å². The Morgan fingerprint density at radius 2 is 1.58 bits per heavy atom. The first-order valence-corrected chi connectivity index (χ1v) is 6.33. The molecule has 19 heavy (non-hydrogen) atoms. The summed E-state index contributed by atoms with van der Waals surface area (Å²) in [5.41, 5.74) is 2.72. The highest BCUT2D eigenvalue weighted by molar-refractivity contribution is 5.53. The normalized spacial score (nSPS) is 11.1. The smallest absolute Gasteiger partial charge is 0.258 e. The molecule has 0 aromatic heterocycles. The molecule has 1 aromatic carbocycles. The average molecular weight is 259 g/mol. The molecule has 3 nitrogen and oxygen atoms in total. The number of benzene rings is 1. The minimum Gasteiger partial charge on any atom is -0.258 e. The van der Waals surface area contributed by atoms with Crippen molar-refractivity contribution >= 4 is 5.69 Å². The van der Waals surface area contributed by atoms with Gasteiger partial charge in [0.15, 0.2) is 0 Å². The monoisotopic (exact) mass is 259 g/mol. The van der Waals surface area contributed by atoms with Crippen LogP contribution < -0.4 is 0 Å². The molecular formula is C16H21NO2. The van der Waals surface area contributed by atoms with E-state index < -0.39 is 0 Å². The van der Waals surface area contributed by atoms with E-state index in [-0.39, 0.29) is 16.0 Å². The van der Waals surface area contributed by atoms with Crippen LogP contribution in [0, 0.1) is 10.1 Å². The van der Waals surface area contributed by atoms with Gasteiger partial charge in [0.1, 0.15) is 0 Å². The topological polar surface area (TPSA) is 43.1 Å². The molecule has 0 bridgehead atoms. The summed E-state index contributed by atoms with van der Waals surface area (Å²) in [4.78, 5) is 11.0. The zero-order valence-electron chi connectivity index (χ0n) is 11.9. The first-order chi connectivity index (χ1) is 8.81. The van der Waals surface area contributed by atoms with E-state index in [0.29, 0.717) is 12.8 Å². The molecule has 102 valence electrons. The molecule has 0 heterocycles. The zero-order chi connectivity index (χ0) is 14.6. The van der Waals surface area contributed by atoms with E-state index >= 15 is 0 Å². The minimum atomic E-state index is -0.301. The van der Waals surface area contributed by atoms with Crippen molar-refractivity contribution in [2.24, 2.45) is 0 Å². The lowest BCUT2D eigenvalue weighted by atomic mass is 9.83. The molecule has 0 atom stereocenters. The summed E-state index contributed by atoms with van der Waals surface area (Å²) < 4.78 is 0. The molecule has 0 saturated heterocycles. The number of nitro benzene ring substituents is 1. The number of hydrogen-bond acceptors (Lipinski definition) is 2. The second-order valence-corrected chi connectivity index (χ2v) is 5.64. The van der Waals surface area contributed by atoms with Gasteiger partial charge in [0, 0.05) is 11.1 Å². The van der Waals surface area contributed by atoms with Gasteiger partial charge in [-0.2, -0.15) is 0 Å². The van der Waals surface area contributed by atoms with Crippen LogP contribution in [-0.4, -0.2) is 4.92 Å². The van der Waals surface area contributed by atoms with Gasteiger partial charge in [0.25, 0.3) is 5.69 Å². The van der Waals surface area contributed by atoms with Crippen molar-refractivity contribution in [2.45, 2.75) is 39.0 Å². The molecule has 1 rings (SSSR count). The lowest BCUT2D eigenvalue weighted by molar-refractivity contribution is -0.386. The van der Waals surface area contributed by atoms with E-state index in [1.54, 1.807) is 12.2 Å². The molecule has 0 spiro atoms. The number of rotatable bonds is 5. The molecular weight excluding hydrogens is 238 g/mol. The van der Waals surface area contributed by atoms with Crippen molar-refractivity contribution < 1.29 is 4.92 Å².